The van der Waals surface area contributed by atoms with E-state index in [1.54, 1.807) is 11.8 Å². The summed E-state index contributed by atoms with van der Waals surface area (Å²) >= 11 is 1.58. The molecule has 2 saturated heterocycles. The minimum Gasteiger partial charge on any atom is -0.337 e. The van der Waals surface area contributed by atoms with E-state index >= 15 is 0 Å². The van der Waals surface area contributed by atoms with Gasteiger partial charge < -0.3 is 9.80 Å². The zero-order valence-corrected chi connectivity index (χ0v) is 15.5. The summed E-state index contributed by atoms with van der Waals surface area (Å²) in [4.78, 5) is 29.1. The Labute approximate surface area is 156 Å². The average Bonchev–Trinajstić information content (AvgIpc) is 3.23. The molecule has 3 heterocycles. The summed E-state index contributed by atoms with van der Waals surface area (Å²) in [5.41, 5.74) is 1.56. The third-order valence-corrected chi connectivity index (χ3v) is 5.74. The zero-order chi connectivity index (χ0) is 18.1. The van der Waals surface area contributed by atoms with Gasteiger partial charge in [-0.2, -0.15) is 0 Å². The highest BCUT2D eigenvalue weighted by Gasteiger charge is 2.34. The van der Waals surface area contributed by atoms with E-state index in [-0.39, 0.29) is 17.9 Å². The number of hydrogen-bond acceptors (Lipinski definition) is 5. The van der Waals surface area contributed by atoms with Crippen molar-refractivity contribution in [2.75, 3.05) is 25.9 Å². The first-order chi connectivity index (χ1) is 12.7. The highest BCUT2D eigenvalue weighted by Crippen LogP contribution is 2.27. The molecule has 2 aromatic rings. The van der Waals surface area contributed by atoms with Crippen LogP contribution in [0.3, 0.4) is 0 Å². The Morgan fingerprint density at radius 2 is 2.12 bits per heavy atom. The lowest BCUT2D eigenvalue weighted by Gasteiger charge is -2.39. The molecule has 0 aliphatic carbocycles. The normalized spacial score (nSPS) is 17.7. The van der Waals surface area contributed by atoms with Gasteiger partial charge in [0.2, 0.25) is 5.91 Å². The predicted octanol–water partition coefficient (Wildman–Crippen LogP) is 1.82. The number of hydrogen-bond donors (Lipinski definition) is 0. The van der Waals surface area contributed by atoms with Gasteiger partial charge >= 0.3 is 0 Å². The number of carbonyl (C=O) groups excluding carboxylic acids is 2. The van der Waals surface area contributed by atoms with Crippen LogP contribution >= 0.6 is 11.8 Å². The average molecular weight is 371 g/mol. The molecule has 2 aliphatic rings. The number of rotatable bonds is 5. The Morgan fingerprint density at radius 3 is 2.85 bits per heavy atom. The van der Waals surface area contributed by atoms with Gasteiger partial charge in [-0.15, -0.1) is 16.9 Å². The van der Waals surface area contributed by atoms with Gasteiger partial charge in [0, 0.05) is 31.0 Å². The lowest BCUT2D eigenvalue weighted by Crippen LogP contribution is -2.51. The maximum atomic E-state index is 12.7. The van der Waals surface area contributed by atoms with E-state index in [9.17, 15) is 9.59 Å². The van der Waals surface area contributed by atoms with E-state index in [0.29, 0.717) is 26.1 Å². The number of aromatic nitrogens is 3. The van der Waals surface area contributed by atoms with Gasteiger partial charge in [-0.05, 0) is 24.8 Å². The lowest BCUT2D eigenvalue weighted by atomic mass is 10.1. The van der Waals surface area contributed by atoms with Crippen LogP contribution in [0.15, 0.2) is 35.4 Å². The molecule has 0 saturated carbocycles. The molecule has 1 aromatic heterocycles. The molecule has 0 unspecified atom stereocenters. The first kappa shape index (κ1) is 17.1. The number of benzene rings is 1. The summed E-state index contributed by atoms with van der Waals surface area (Å²) in [5, 5.41) is 8.38. The molecule has 7 nitrogen and oxygen atoms in total. The highest BCUT2D eigenvalue weighted by molar-refractivity contribution is 7.98. The second-order valence-corrected chi connectivity index (χ2v) is 7.52. The van der Waals surface area contributed by atoms with E-state index in [1.807, 2.05) is 51.2 Å². The number of carbonyl (C=O) groups is 2. The summed E-state index contributed by atoms with van der Waals surface area (Å²) in [6.07, 6.45) is 5.43. The van der Waals surface area contributed by atoms with Crippen molar-refractivity contribution in [3.8, 4) is 0 Å². The van der Waals surface area contributed by atoms with Crippen LogP contribution in [0.1, 0.15) is 34.9 Å². The Balaban J connectivity index is 1.36. The van der Waals surface area contributed by atoms with Crippen LogP contribution in [0, 0.1) is 0 Å². The van der Waals surface area contributed by atoms with Gasteiger partial charge in [0.05, 0.1) is 24.3 Å². The third-order valence-electron chi connectivity index (χ3n) is 4.94. The van der Waals surface area contributed by atoms with Crippen LogP contribution in [0.25, 0.3) is 0 Å². The number of likely N-dealkylation sites (tertiary alicyclic amines) is 2. The Morgan fingerprint density at radius 1 is 1.31 bits per heavy atom. The van der Waals surface area contributed by atoms with Crippen LogP contribution in [0.2, 0.25) is 0 Å². The highest BCUT2D eigenvalue weighted by atomic mass is 32.2. The molecule has 0 spiro atoms. The van der Waals surface area contributed by atoms with Crippen LogP contribution < -0.4 is 0 Å². The zero-order valence-electron chi connectivity index (χ0n) is 14.7. The Kier molecular flexibility index (Phi) is 4.67. The van der Waals surface area contributed by atoms with Gasteiger partial charge in [-0.3, -0.25) is 9.59 Å². The molecule has 4 rings (SSSR count). The minimum atomic E-state index is 0.0641. The van der Waals surface area contributed by atoms with E-state index in [0.717, 1.165) is 29.1 Å². The maximum Gasteiger partial charge on any atom is 0.255 e. The molecule has 26 heavy (non-hydrogen) atoms. The summed E-state index contributed by atoms with van der Waals surface area (Å²) in [5.74, 6) is 0.252. The van der Waals surface area contributed by atoms with E-state index in [2.05, 4.69) is 10.3 Å². The molecular weight excluding hydrogens is 350 g/mol. The standard InChI is InChI=1S/C18H21N5O2S/c1-26-16-6-3-2-5-15(16)18(25)22-11-14(12-22)23-10-13(19-20-23)9-21-8-4-7-17(21)24/h2-3,5-6,10,14H,4,7-9,11-12H2,1H3. The van der Waals surface area contributed by atoms with Crippen molar-refractivity contribution in [1.29, 1.82) is 0 Å². The van der Waals surface area contributed by atoms with Crippen molar-refractivity contribution in [1.82, 2.24) is 24.8 Å². The van der Waals surface area contributed by atoms with Crippen LogP contribution in [-0.2, 0) is 11.3 Å². The monoisotopic (exact) mass is 371 g/mol. The molecule has 2 fully saturated rings. The Hall–Kier alpha value is -2.35. The number of nitrogens with zero attached hydrogens (tertiary/aromatic N) is 5. The fraction of sp³-hybridized carbons (Fsp3) is 0.444. The molecule has 136 valence electrons. The summed E-state index contributed by atoms with van der Waals surface area (Å²) < 4.78 is 1.82. The first-order valence-corrected chi connectivity index (χ1v) is 9.99. The SMILES string of the molecule is CSc1ccccc1C(=O)N1CC(n2cc(CN3CCCC3=O)nn2)C1. The van der Waals surface area contributed by atoms with Gasteiger partial charge in [0.15, 0.2) is 0 Å². The fourth-order valence-corrected chi connectivity index (χ4v) is 4.00. The number of thioether (sulfide) groups is 1. The van der Waals surface area contributed by atoms with Crippen LogP contribution in [0.4, 0.5) is 0 Å². The van der Waals surface area contributed by atoms with E-state index < -0.39 is 0 Å². The summed E-state index contributed by atoms with van der Waals surface area (Å²) in [6, 6.07) is 7.84. The minimum absolute atomic E-state index is 0.0641. The molecule has 0 radical (unpaired) electrons. The molecule has 0 N–H and O–H groups in total. The Bertz CT molecular complexity index is 830. The molecule has 2 aliphatic heterocycles. The molecule has 1 aromatic carbocycles. The molecule has 0 atom stereocenters. The van der Waals surface area contributed by atoms with Crippen molar-refractivity contribution in [3.05, 3.63) is 41.7 Å². The largest absolute Gasteiger partial charge is 0.337 e. The summed E-state index contributed by atoms with van der Waals surface area (Å²) in [7, 11) is 0. The summed E-state index contributed by atoms with van der Waals surface area (Å²) in [6.45, 7) is 2.58. The quantitative estimate of drug-likeness (QED) is 0.750. The molecular formula is C18H21N5O2S. The third kappa shape index (κ3) is 3.21. The van der Waals surface area contributed by atoms with Crippen molar-refractivity contribution < 1.29 is 9.59 Å². The second-order valence-electron chi connectivity index (χ2n) is 6.67. The predicted molar refractivity (Wildman–Crippen MR) is 97.8 cm³/mol. The molecule has 8 heteroatoms. The maximum absolute atomic E-state index is 12.7. The lowest BCUT2D eigenvalue weighted by molar-refractivity contribution is -0.128. The van der Waals surface area contributed by atoms with Crippen molar-refractivity contribution >= 4 is 23.6 Å². The van der Waals surface area contributed by atoms with Gasteiger partial charge in [-0.25, -0.2) is 4.68 Å². The van der Waals surface area contributed by atoms with E-state index in [1.165, 1.54) is 0 Å². The first-order valence-electron chi connectivity index (χ1n) is 8.76. The van der Waals surface area contributed by atoms with Gasteiger partial charge in [0.1, 0.15) is 5.69 Å². The van der Waals surface area contributed by atoms with Crippen LogP contribution in [0.5, 0.6) is 0 Å². The van der Waals surface area contributed by atoms with Crippen LogP contribution in [-0.4, -0.2) is 62.5 Å². The second kappa shape index (κ2) is 7.11. The van der Waals surface area contributed by atoms with Crippen molar-refractivity contribution in [3.63, 3.8) is 0 Å². The topological polar surface area (TPSA) is 71.3 Å². The molecule has 2 amide bonds. The van der Waals surface area contributed by atoms with Gasteiger partial charge in [-0.1, -0.05) is 17.3 Å². The van der Waals surface area contributed by atoms with E-state index in [4.69, 9.17) is 0 Å². The smallest absolute Gasteiger partial charge is 0.255 e. The number of amides is 2. The fourth-order valence-electron chi connectivity index (χ4n) is 3.41. The molecule has 0 bridgehead atoms. The van der Waals surface area contributed by atoms with Crippen molar-refractivity contribution in [2.45, 2.75) is 30.3 Å². The van der Waals surface area contributed by atoms with Crippen molar-refractivity contribution in [2.24, 2.45) is 0 Å². The van der Waals surface area contributed by atoms with Gasteiger partial charge in [0.25, 0.3) is 5.91 Å².